The molecule has 1 atom stereocenters. The van der Waals surface area contributed by atoms with Crippen LogP contribution in [-0.4, -0.2) is 34.2 Å². The Morgan fingerprint density at radius 2 is 1.94 bits per heavy atom. The van der Waals surface area contributed by atoms with E-state index >= 15 is 0 Å². The number of rotatable bonds is 5. The molecule has 1 aliphatic rings. The Bertz CT molecular complexity index is 1100. The highest BCUT2D eigenvalue weighted by atomic mass is 16.4. The first-order chi connectivity index (χ1) is 14.8. The number of hydrogen-bond acceptors (Lipinski definition) is 7. The van der Waals surface area contributed by atoms with E-state index in [0.29, 0.717) is 35.6 Å². The Labute approximate surface area is 180 Å². The minimum absolute atomic E-state index is 0.000322. The van der Waals surface area contributed by atoms with Crippen molar-refractivity contribution in [3.05, 3.63) is 82.3 Å². The van der Waals surface area contributed by atoms with E-state index in [9.17, 15) is 20.3 Å². The quantitative estimate of drug-likeness (QED) is 0.461. The number of carboxylic acids is 1. The zero-order valence-electron chi connectivity index (χ0n) is 17.0. The number of benzene rings is 2. The first kappa shape index (κ1) is 21.6. The molecule has 1 heterocycles. The molecule has 2 aromatic carbocycles. The van der Waals surface area contributed by atoms with Crippen molar-refractivity contribution in [3.8, 4) is 11.8 Å². The summed E-state index contributed by atoms with van der Waals surface area (Å²) in [5.41, 5.74) is 20.7. The number of carbonyl (C=O) groups is 1. The maximum atomic E-state index is 11.2. The summed E-state index contributed by atoms with van der Waals surface area (Å²) in [4.78, 5) is 13.2. The number of likely N-dealkylation sites (tertiary alicyclic amines) is 1. The van der Waals surface area contributed by atoms with Gasteiger partial charge in [-0.25, -0.2) is 4.79 Å². The predicted molar refractivity (Wildman–Crippen MR) is 117 cm³/mol. The van der Waals surface area contributed by atoms with E-state index < -0.39 is 5.97 Å². The van der Waals surface area contributed by atoms with E-state index in [2.05, 4.69) is 6.07 Å². The van der Waals surface area contributed by atoms with Gasteiger partial charge in [-0.05, 0) is 48.7 Å². The summed E-state index contributed by atoms with van der Waals surface area (Å²) in [6, 6.07) is 13.5. The van der Waals surface area contributed by atoms with Gasteiger partial charge in [0.05, 0.1) is 22.9 Å². The van der Waals surface area contributed by atoms with Gasteiger partial charge in [0, 0.05) is 30.3 Å². The second-order valence-corrected chi connectivity index (χ2v) is 7.46. The minimum atomic E-state index is -1.07. The summed E-state index contributed by atoms with van der Waals surface area (Å²) in [7, 11) is 0. The van der Waals surface area contributed by atoms with Gasteiger partial charge in [-0.15, -0.1) is 0 Å². The first-order valence-corrected chi connectivity index (χ1v) is 9.84. The van der Waals surface area contributed by atoms with Gasteiger partial charge in [0.2, 0.25) is 0 Å². The Balaban J connectivity index is 1.90. The SMILES string of the molecule is N#Cc1cc(C(=O)O)ccc1C1CCCN(C(/C=C(\N)c2ccccc2O)=C(N)N)C1. The van der Waals surface area contributed by atoms with Gasteiger partial charge < -0.3 is 32.3 Å². The van der Waals surface area contributed by atoms with Gasteiger partial charge in [-0.3, -0.25) is 0 Å². The van der Waals surface area contributed by atoms with Gasteiger partial charge in [0.25, 0.3) is 0 Å². The third-order valence-corrected chi connectivity index (χ3v) is 5.43. The summed E-state index contributed by atoms with van der Waals surface area (Å²) in [5.74, 6) is -0.916. The second kappa shape index (κ2) is 9.13. The van der Waals surface area contributed by atoms with Crippen molar-refractivity contribution in [3.63, 3.8) is 0 Å². The third-order valence-electron chi connectivity index (χ3n) is 5.43. The monoisotopic (exact) mass is 419 g/mol. The van der Waals surface area contributed by atoms with Crippen LogP contribution in [-0.2, 0) is 0 Å². The molecule has 1 unspecified atom stereocenters. The normalized spacial score (nSPS) is 16.4. The van der Waals surface area contributed by atoms with Crippen LogP contribution in [0.25, 0.3) is 5.70 Å². The fraction of sp³-hybridized carbons (Fsp3) is 0.217. The van der Waals surface area contributed by atoms with Crippen LogP contribution in [0.2, 0.25) is 0 Å². The van der Waals surface area contributed by atoms with E-state index in [1.54, 1.807) is 36.4 Å². The number of para-hydroxylation sites is 1. The van der Waals surface area contributed by atoms with Crippen molar-refractivity contribution in [2.45, 2.75) is 18.8 Å². The van der Waals surface area contributed by atoms with Crippen LogP contribution in [0.4, 0.5) is 0 Å². The molecule has 8 nitrogen and oxygen atoms in total. The maximum absolute atomic E-state index is 11.2. The van der Waals surface area contributed by atoms with Crippen molar-refractivity contribution in [2.75, 3.05) is 13.1 Å². The van der Waals surface area contributed by atoms with Crippen LogP contribution in [0.3, 0.4) is 0 Å². The number of nitriles is 1. The summed E-state index contributed by atoms with van der Waals surface area (Å²) in [5, 5.41) is 28.8. The summed E-state index contributed by atoms with van der Waals surface area (Å²) >= 11 is 0. The van der Waals surface area contributed by atoms with Gasteiger partial charge in [0.15, 0.2) is 0 Å². The molecule has 160 valence electrons. The molecule has 0 aliphatic carbocycles. The molecule has 0 amide bonds. The maximum Gasteiger partial charge on any atom is 0.335 e. The highest BCUT2D eigenvalue weighted by Gasteiger charge is 2.26. The molecule has 31 heavy (non-hydrogen) atoms. The van der Waals surface area contributed by atoms with Crippen LogP contribution in [0, 0.1) is 11.3 Å². The lowest BCUT2D eigenvalue weighted by Crippen LogP contribution is -2.36. The molecular weight excluding hydrogens is 394 g/mol. The van der Waals surface area contributed by atoms with Crippen molar-refractivity contribution in [1.82, 2.24) is 4.90 Å². The molecule has 1 aliphatic heterocycles. The summed E-state index contributed by atoms with van der Waals surface area (Å²) < 4.78 is 0. The van der Waals surface area contributed by atoms with Crippen LogP contribution in [0.1, 0.15) is 45.8 Å². The lowest BCUT2D eigenvalue weighted by Gasteiger charge is -2.36. The average Bonchev–Trinajstić information content (AvgIpc) is 2.77. The molecule has 0 radical (unpaired) electrons. The molecule has 8 N–H and O–H groups in total. The number of phenolic OH excluding ortho intramolecular Hbond substituents is 1. The Morgan fingerprint density at radius 3 is 2.58 bits per heavy atom. The lowest BCUT2D eigenvalue weighted by molar-refractivity contribution is 0.0697. The molecule has 1 fully saturated rings. The van der Waals surface area contributed by atoms with E-state index in [1.165, 1.54) is 12.1 Å². The predicted octanol–water partition coefficient (Wildman–Crippen LogP) is 2.23. The van der Waals surface area contributed by atoms with Crippen LogP contribution >= 0.6 is 0 Å². The fourth-order valence-electron chi connectivity index (χ4n) is 3.89. The van der Waals surface area contributed by atoms with Crippen LogP contribution in [0.5, 0.6) is 5.75 Å². The first-order valence-electron chi connectivity index (χ1n) is 9.84. The Kier molecular flexibility index (Phi) is 6.36. The number of hydrogen-bond donors (Lipinski definition) is 5. The molecule has 0 aromatic heterocycles. The largest absolute Gasteiger partial charge is 0.507 e. The number of nitrogens with two attached hydrogens (primary N) is 3. The van der Waals surface area contributed by atoms with E-state index in [1.807, 2.05) is 4.90 Å². The van der Waals surface area contributed by atoms with E-state index in [4.69, 9.17) is 17.2 Å². The summed E-state index contributed by atoms with van der Waals surface area (Å²) in [6.07, 6.45) is 3.32. The number of phenols is 1. The minimum Gasteiger partial charge on any atom is -0.507 e. The number of carboxylic acid groups (broad SMARTS) is 1. The number of aromatic carboxylic acids is 1. The lowest BCUT2D eigenvalue weighted by atomic mass is 9.86. The Hall–Kier alpha value is -4.12. The smallest absolute Gasteiger partial charge is 0.335 e. The molecule has 0 saturated carbocycles. The highest BCUT2D eigenvalue weighted by molar-refractivity contribution is 5.88. The zero-order valence-corrected chi connectivity index (χ0v) is 17.0. The van der Waals surface area contributed by atoms with E-state index in [-0.39, 0.29) is 23.1 Å². The number of allylic oxidation sites excluding steroid dienone is 1. The Morgan fingerprint density at radius 1 is 1.19 bits per heavy atom. The van der Waals surface area contributed by atoms with Crippen molar-refractivity contribution >= 4 is 11.7 Å². The van der Waals surface area contributed by atoms with E-state index in [0.717, 1.165) is 18.4 Å². The fourth-order valence-corrected chi connectivity index (χ4v) is 3.89. The molecule has 2 aromatic rings. The standard InChI is InChI=1S/C23H25N5O3/c24-12-16-10-14(23(30)31)7-8-17(16)15-4-3-9-28(13-15)20(22(26)27)11-19(25)18-5-1-2-6-21(18)29/h1-2,5-8,10-11,15,29H,3-4,9,13,25-27H2,(H,30,31)/b19-11-. The average molecular weight is 419 g/mol. The van der Waals surface area contributed by atoms with Gasteiger partial charge in [-0.2, -0.15) is 5.26 Å². The van der Waals surface area contributed by atoms with Crippen LogP contribution < -0.4 is 17.2 Å². The molecule has 0 spiro atoms. The van der Waals surface area contributed by atoms with Gasteiger partial charge >= 0.3 is 5.97 Å². The molecular formula is C23H25N5O3. The second-order valence-electron chi connectivity index (χ2n) is 7.46. The topological polar surface area (TPSA) is 163 Å². The number of nitrogens with zero attached hydrogens (tertiary/aromatic N) is 2. The molecule has 3 rings (SSSR count). The van der Waals surface area contributed by atoms with Crippen molar-refractivity contribution < 1.29 is 15.0 Å². The van der Waals surface area contributed by atoms with Gasteiger partial charge in [-0.1, -0.05) is 18.2 Å². The van der Waals surface area contributed by atoms with Crippen LogP contribution in [0.15, 0.2) is 60.1 Å². The number of aromatic hydroxyl groups is 1. The molecule has 8 heteroatoms. The highest BCUT2D eigenvalue weighted by Crippen LogP contribution is 2.32. The van der Waals surface area contributed by atoms with Gasteiger partial charge in [0.1, 0.15) is 11.6 Å². The summed E-state index contributed by atoms with van der Waals surface area (Å²) in [6.45, 7) is 1.24. The number of piperidine rings is 1. The zero-order chi connectivity index (χ0) is 22.5. The van der Waals surface area contributed by atoms with Crippen molar-refractivity contribution in [2.24, 2.45) is 17.2 Å². The third kappa shape index (κ3) is 4.73. The molecule has 1 saturated heterocycles. The van der Waals surface area contributed by atoms with Crippen molar-refractivity contribution in [1.29, 1.82) is 5.26 Å². The molecule has 0 bridgehead atoms.